The fourth-order valence-electron chi connectivity index (χ4n) is 3.49. The smallest absolute Gasteiger partial charge is 0.227 e. The molecule has 2 heterocycles. The van der Waals surface area contributed by atoms with E-state index < -0.39 is 0 Å². The molecule has 33 heavy (non-hydrogen) atoms. The Labute approximate surface area is 193 Å². The van der Waals surface area contributed by atoms with Gasteiger partial charge in [0.05, 0.1) is 22.9 Å². The number of hydrogen-bond acceptors (Lipinski definition) is 6. The summed E-state index contributed by atoms with van der Waals surface area (Å²) in [5.74, 6) is 1.03. The van der Waals surface area contributed by atoms with Gasteiger partial charge in [0, 0.05) is 38.5 Å². The first kappa shape index (κ1) is 22.2. The number of hydrogen-bond donors (Lipinski definition) is 1. The van der Waals surface area contributed by atoms with Crippen molar-refractivity contribution in [2.75, 3.05) is 19.0 Å². The molecule has 0 aliphatic heterocycles. The molecule has 0 bridgehead atoms. The average Bonchev–Trinajstić information content (AvgIpc) is 3.28. The summed E-state index contributed by atoms with van der Waals surface area (Å²) in [4.78, 5) is 23.6. The molecule has 0 aliphatic rings. The standard InChI is InChI=1S/C26H27N5O2/c1-17-14-23(33-30-17)22-16-28-26(31(3)4)29-24(22)21-12-10-19(11-13-21)15-27-25(32)18(2)20-8-6-5-7-9-20/h5-14,16,18H,15H2,1-4H3,(H,27,32). The molecule has 0 saturated heterocycles. The number of benzene rings is 2. The highest BCUT2D eigenvalue weighted by atomic mass is 16.5. The highest BCUT2D eigenvalue weighted by Crippen LogP contribution is 2.31. The van der Waals surface area contributed by atoms with Crippen molar-refractivity contribution in [2.45, 2.75) is 26.3 Å². The Balaban J connectivity index is 1.53. The fraction of sp³-hybridized carbons (Fsp3) is 0.231. The molecule has 0 fully saturated rings. The largest absolute Gasteiger partial charge is 0.356 e. The monoisotopic (exact) mass is 441 g/mol. The SMILES string of the molecule is Cc1cc(-c2cnc(N(C)C)nc2-c2ccc(CNC(=O)C(C)c3ccccc3)cc2)on1. The minimum Gasteiger partial charge on any atom is -0.356 e. The molecule has 1 unspecified atom stereocenters. The van der Waals surface area contributed by atoms with E-state index in [1.165, 1.54) is 0 Å². The van der Waals surface area contributed by atoms with Gasteiger partial charge in [0.1, 0.15) is 0 Å². The summed E-state index contributed by atoms with van der Waals surface area (Å²) in [7, 11) is 3.80. The topological polar surface area (TPSA) is 84.2 Å². The van der Waals surface area contributed by atoms with Gasteiger partial charge in [0.2, 0.25) is 11.9 Å². The Hall–Kier alpha value is -4.00. The van der Waals surface area contributed by atoms with Crippen LogP contribution in [0.2, 0.25) is 0 Å². The Morgan fingerprint density at radius 3 is 2.45 bits per heavy atom. The van der Waals surface area contributed by atoms with Crippen LogP contribution < -0.4 is 10.2 Å². The zero-order valence-corrected chi connectivity index (χ0v) is 19.2. The molecular weight excluding hydrogens is 414 g/mol. The normalized spacial score (nSPS) is 11.8. The molecule has 0 aliphatic carbocycles. The van der Waals surface area contributed by atoms with Crippen molar-refractivity contribution in [3.05, 3.63) is 83.7 Å². The Morgan fingerprint density at radius 1 is 1.09 bits per heavy atom. The molecule has 4 rings (SSSR count). The van der Waals surface area contributed by atoms with Gasteiger partial charge in [-0.15, -0.1) is 0 Å². The molecular formula is C26H27N5O2. The van der Waals surface area contributed by atoms with E-state index in [-0.39, 0.29) is 11.8 Å². The number of nitrogens with zero attached hydrogens (tertiary/aromatic N) is 4. The number of aryl methyl sites for hydroxylation is 1. The number of aromatic nitrogens is 3. The van der Waals surface area contributed by atoms with Crippen LogP contribution in [0.15, 0.2) is 71.4 Å². The van der Waals surface area contributed by atoms with Crippen molar-refractivity contribution >= 4 is 11.9 Å². The lowest BCUT2D eigenvalue weighted by molar-refractivity contribution is -0.122. The van der Waals surface area contributed by atoms with Crippen LogP contribution in [0, 0.1) is 6.92 Å². The molecule has 0 spiro atoms. The number of amides is 1. The van der Waals surface area contributed by atoms with Crippen molar-refractivity contribution in [1.29, 1.82) is 0 Å². The maximum atomic E-state index is 12.6. The van der Waals surface area contributed by atoms with Gasteiger partial charge in [-0.05, 0) is 25.0 Å². The molecule has 168 valence electrons. The first-order chi connectivity index (χ1) is 15.9. The molecule has 0 saturated carbocycles. The summed E-state index contributed by atoms with van der Waals surface area (Å²) in [5.41, 5.74) is 5.27. The summed E-state index contributed by atoms with van der Waals surface area (Å²) in [5, 5.41) is 7.02. The van der Waals surface area contributed by atoms with Crippen LogP contribution in [-0.2, 0) is 11.3 Å². The van der Waals surface area contributed by atoms with Gasteiger partial charge in [0.25, 0.3) is 0 Å². The van der Waals surface area contributed by atoms with E-state index in [2.05, 4.69) is 15.5 Å². The van der Waals surface area contributed by atoms with E-state index in [1.807, 2.05) is 93.5 Å². The Kier molecular flexibility index (Phi) is 6.49. The number of anilines is 1. The van der Waals surface area contributed by atoms with Gasteiger partial charge in [-0.25, -0.2) is 9.97 Å². The third kappa shape index (κ3) is 5.09. The van der Waals surface area contributed by atoms with Crippen molar-refractivity contribution in [1.82, 2.24) is 20.4 Å². The predicted octanol–water partition coefficient (Wildman–Crippen LogP) is 4.59. The Morgan fingerprint density at radius 2 is 1.82 bits per heavy atom. The van der Waals surface area contributed by atoms with Gasteiger partial charge in [-0.1, -0.05) is 59.8 Å². The summed E-state index contributed by atoms with van der Waals surface area (Å²) in [6.07, 6.45) is 1.76. The fourth-order valence-corrected chi connectivity index (χ4v) is 3.49. The van der Waals surface area contributed by atoms with Crippen molar-refractivity contribution in [3.63, 3.8) is 0 Å². The van der Waals surface area contributed by atoms with Crippen LogP contribution in [0.1, 0.15) is 29.7 Å². The lowest BCUT2D eigenvalue weighted by Gasteiger charge is -2.14. The van der Waals surface area contributed by atoms with Crippen molar-refractivity contribution in [3.8, 4) is 22.6 Å². The lowest BCUT2D eigenvalue weighted by Crippen LogP contribution is -2.27. The summed E-state index contributed by atoms with van der Waals surface area (Å²) in [6.45, 7) is 4.25. The zero-order valence-electron chi connectivity index (χ0n) is 19.2. The molecule has 0 radical (unpaired) electrons. The van der Waals surface area contributed by atoms with Gasteiger partial charge in [-0.2, -0.15) is 0 Å². The third-order valence-electron chi connectivity index (χ3n) is 5.46. The van der Waals surface area contributed by atoms with Crippen LogP contribution >= 0.6 is 0 Å². The van der Waals surface area contributed by atoms with Crippen LogP contribution in [0.5, 0.6) is 0 Å². The number of carbonyl (C=O) groups excluding carboxylic acids is 1. The van der Waals surface area contributed by atoms with Crippen molar-refractivity contribution in [2.24, 2.45) is 0 Å². The average molecular weight is 442 g/mol. The predicted molar refractivity (Wildman–Crippen MR) is 129 cm³/mol. The van der Waals surface area contributed by atoms with Gasteiger partial charge in [0.15, 0.2) is 5.76 Å². The molecule has 2 aromatic heterocycles. The van der Waals surface area contributed by atoms with Crippen LogP contribution in [0.25, 0.3) is 22.6 Å². The van der Waals surface area contributed by atoms with E-state index in [0.717, 1.165) is 33.6 Å². The number of carbonyl (C=O) groups is 1. The molecule has 1 atom stereocenters. The summed E-state index contributed by atoms with van der Waals surface area (Å²) in [6, 6.07) is 19.6. The number of nitrogens with one attached hydrogen (secondary N) is 1. The van der Waals surface area contributed by atoms with Gasteiger partial charge in [-0.3, -0.25) is 4.79 Å². The molecule has 2 aromatic carbocycles. The molecule has 1 amide bonds. The second-order valence-electron chi connectivity index (χ2n) is 8.21. The molecule has 7 heteroatoms. The first-order valence-electron chi connectivity index (χ1n) is 10.8. The zero-order chi connectivity index (χ0) is 23.4. The Bertz CT molecular complexity index is 1230. The van der Waals surface area contributed by atoms with Crippen LogP contribution in [0.4, 0.5) is 5.95 Å². The van der Waals surface area contributed by atoms with E-state index in [9.17, 15) is 4.79 Å². The van der Waals surface area contributed by atoms with Crippen molar-refractivity contribution < 1.29 is 9.32 Å². The van der Waals surface area contributed by atoms with E-state index in [1.54, 1.807) is 6.20 Å². The second kappa shape index (κ2) is 9.65. The van der Waals surface area contributed by atoms with Crippen LogP contribution in [-0.4, -0.2) is 35.1 Å². The second-order valence-corrected chi connectivity index (χ2v) is 8.21. The quantitative estimate of drug-likeness (QED) is 0.451. The molecule has 4 aromatic rings. The molecule has 1 N–H and O–H groups in total. The minimum atomic E-state index is -0.205. The number of rotatable bonds is 7. The lowest BCUT2D eigenvalue weighted by atomic mass is 10.0. The summed E-state index contributed by atoms with van der Waals surface area (Å²) >= 11 is 0. The maximum Gasteiger partial charge on any atom is 0.227 e. The minimum absolute atomic E-state index is 0.000299. The summed E-state index contributed by atoms with van der Waals surface area (Å²) < 4.78 is 5.47. The van der Waals surface area contributed by atoms with Crippen LogP contribution in [0.3, 0.4) is 0 Å². The highest BCUT2D eigenvalue weighted by Gasteiger charge is 2.17. The highest BCUT2D eigenvalue weighted by molar-refractivity contribution is 5.83. The molecule has 7 nitrogen and oxygen atoms in total. The van der Waals surface area contributed by atoms with E-state index in [4.69, 9.17) is 9.51 Å². The third-order valence-corrected chi connectivity index (χ3v) is 5.46. The first-order valence-corrected chi connectivity index (χ1v) is 10.8. The van der Waals surface area contributed by atoms with Gasteiger partial charge < -0.3 is 14.7 Å². The maximum absolute atomic E-state index is 12.6. The van der Waals surface area contributed by atoms with Gasteiger partial charge >= 0.3 is 0 Å². The van der Waals surface area contributed by atoms with E-state index in [0.29, 0.717) is 18.3 Å². The van der Waals surface area contributed by atoms with E-state index >= 15 is 0 Å².